The van der Waals surface area contributed by atoms with E-state index in [2.05, 4.69) is 4.98 Å². The van der Waals surface area contributed by atoms with Gasteiger partial charge in [-0.3, -0.25) is 0 Å². The Morgan fingerprint density at radius 3 is 2.47 bits per heavy atom. The van der Waals surface area contributed by atoms with E-state index < -0.39 is 0 Å². The molecule has 5 heteroatoms. The summed E-state index contributed by atoms with van der Waals surface area (Å²) in [6.45, 7) is 0. The maximum absolute atomic E-state index is 8.74. The molecule has 2 aromatic rings. The third kappa shape index (κ3) is 3.10. The van der Waals surface area contributed by atoms with E-state index in [9.17, 15) is 0 Å². The quantitative estimate of drug-likeness (QED) is 0.822. The van der Waals surface area contributed by atoms with Crippen LogP contribution in [0, 0.1) is 11.3 Å². The van der Waals surface area contributed by atoms with Gasteiger partial charge in [0.25, 0.3) is 0 Å². The molecule has 2 rings (SSSR count). The lowest BCUT2D eigenvalue weighted by atomic mass is 10.3. The van der Waals surface area contributed by atoms with Gasteiger partial charge < -0.3 is 4.74 Å². The largest absolute Gasteiger partial charge is 0.439 e. The maximum atomic E-state index is 8.74. The zero-order valence-electron chi connectivity index (χ0n) is 8.52. The lowest BCUT2D eigenvalue weighted by molar-refractivity contribution is 0.463. The Morgan fingerprint density at radius 1 is 1.12 bits per heavy atom. The predicted octanol–water partition coefficient (Wildman–Crippen LogP) is 4.05. The molecule has 0 bridgehead atoms. The molecule has 0 saturated carbocycles. The molecule has 84 valence electrons. The molecule has 0 aliphatic heterocycles. The summed E-state index contributed by atoms with van der Waals surface area (Å²) in [5.74, 6) is 0.799. The Hall–Kier alpha value is -1.76. The number of hydrogen-bond donors (Lipinski definition) is 0. The van der Waals surface area contributed by atoms with Crippen LogP contribution in [-0.4, -0.2) is 4.98 Å². The van der Waals surface area contributed by atoms with Gasteiger partial charge in [-0.25, -0.2) is 4.98 Å². The van der Waals surface area contributed by atoms with Crippen LogP contribution < -0.4 is 4.74 Å². The van der Waals surface area contributed by atoms with Crippen molar-refractivity contribution in [3.8, 4) is 17.7 Å². The zero-order valence-corrected chi connectivity index (χ0v) is 10.0. The normalized spacial score (nSPS) is 9.71. The Labute approximate surface area is 108 Å². The first-order valence-corrected chi connectivity index (χ1v) is 5.43. The van der Waals surface area contributed by atoms with Gasteiger partial charge in [-0.1, -0.05) is 23.2 Å². The molecule has 0 unspecified atom stereocenters. The molecule has 1 aromatic heterocycles. The fraction of sp³-hybridized carbons (Fsp3) is 0. The molecule has 0 N–H and O–H groups in total. The van der Waals surface area contributed by atoms with Crippen molar-refractivity contribution in [3.63, 3.8) is 0 Å². The predicted molar refractivity (Wildman–Crippen MR) is 65.5 cm³/mol. The van der Waals surface area contributed by atoms with Crippen molar-refractivity contribution in [2.45, 2.75) is 0 Å². The van der Waals surface area contributed by atoms with E-state index in [1.807, 2.05) is 6.07 Å². The standard InChI is InChI=1S/C12H6Cl2N2O/c13-9-4-10(14)6-11(5-9)17-12-3-8(7-15)1-2-16-12/h1-6H. The van der Waals surface area contributed by atoms with Crippen LogP contribution in [0.1, 0.15) is 5.56 Å². The molecule has 1 heterocycles. The summed E-state index contributed by atoms with van der Waals surface area (Å²) in [5.41, 5.74) is 0.475. The number of benzene rings is 1. The Balaban J connectivity index is 2.28. The Bertz CT molecular complexity index is 573. The fourth-order valence-electron chi connectivity index (χ4n) is 1.24. The zero-order chi connectivity index (χ0) is 12.3. The van der Waals surface area contributed by atoms with Crippen LogP contribution in [0.5, 0.6) is 11.6 Å². The molecule has 0 aliphatic carbocycles. The number of halogens is 2. The number of nitrogens with zero attached hydrogens (tertiary/aromatic N) is 2. The molecule has 1 aromatic carbocycles. The highest BCUT2D eigenvalue weighted by atomic mass is 35.5. The van der Waals surface area contributed by atoms with Crippen molar-refractivity contribution >= 4 is 23.2 Å². The highest BCUT2D eigenvalue weighted by Crippen LogP contribution is 2.27. The van der Waals surface area contributed by atoms with Crippen molar-refractivity contribution in [2.75, 3.05) is 0 Å². The minimum atomic E-state index is 0.322. The Morgan fingerprint density at radius 2 is 1.82 bits per heavy atom. The number of rotatable bonds is 2. The van der Waals surface area contributed by atoms with Gasteiger partial charge in [-0.2, -0.15) is 5.26 Å². The van der Waals surface area contributed by atoms with Gasteiger partial charge in [0, 0.05) is 22.3 Å². The second-order valence-electron chi connectivity index (χ2n) is 3.20. The maximum Gasteiger partial charge on any atom is 0.220 e. The summed E-state index contributed by atoms with van der Waals surface area (Å²) in [6, 6.07) is 9.98. The smallest absolute Gasteiger partial charge is 0.220 e. The summed E-state index contributed by atoms with van der Waals surface area (Å²) < 4.78 is 5.45. The van der Waals surface area contributed by atoms with Crippen molar-refractivity contribution in [1.29, 1.82) is 5.26 Å². The third-order valence-electron chi connectivity index (χ3n) is 1.92. The van der Waals surface area contributed by atoms with E-state index in [1.165, 1.54) is 12.3 Å². The summed E-state index contributed by atoms with van der Waals surface area (Å²) >= 11 is 11.7. The molecule has 0 fully saturated rings. The van der Waals surface area contributed by atoms with E-state index in [0.29, 0.717) is 27.2 Å². The van der Waals surface area contributed by atoms with E-state index in [-0.39, 0.29) is 0 Å². The number of hydrogen-bond acceptors (Lipinski definition) is 3. The van der Waals surface area contributed by atoms with Crippen LogP contribution in [-0.2, 0) is 0 Å². The number of ether oxygens (including phenoxy) is 1. The lowest BCUT2D eigenvalue weighted by Crippen LogP contribution is -1.88. The molecule has 0 atom stereocenters. The van der Waals surface area contributed by atoms with E-state index in [0.717, 1.165) is 0 Å². The lowest BCUT2D eigenvalue weighted by Gasteiger charge is -2.05. The van der Waals surface area contributed by atoms with E-state index in [1.54, 1.807) is 24.3 Å². The first-order chi connectivity index (χ1) is 8.17. The monoisotopic (exact) mass is 264 g/mol. The van der Waals surface area contributed by atoms with Crippen LogP contribution in [0.25, 0.3) is 0 Å². The van der Waals surface area contributed by atoms with E-state index in [4.69, 9.17) is 33.2 Å². The van der Waals surface area contributed by atoms with Gasteiger partial charge in [0.15, 0.2) is 0 Å². The molecule has 17 heavy (non-hydrogen) atoms. The first-order valence-electron chi connectivity index (χ1n) is 4.67. The van der Waals surface area contributed by atoms with Crippen LogP contribution in [0.2, 0.25) is 10.0 Å². The van der Waals surface area contributed by atoms with Gasteiger partial charge in [-0.15, -0.1) is 0 Å². The average molecular weight is 265 g/mol. The first kappa shape index (κ1) is 11.7. The second kappa shape index (κ2) is 5.05. The van der Waals surface area contributed by atoms with Gasteiger partial charge in [0.05, 0.1) is 11.6 Å². The van der Waals surface area contributed by atoms with E-state index >= 15 is 0 Å². The SMILES string of the molecule is N#Cc1ccnc(Oc2cc(Cl)cc(Cl)c2)c1. The molecule has 0 spiro atoms. The number of pyridine rings is 1. The van der Waals surface area contributed by atoms with Crippen molar-refractivity contribution in [3.05, 3.63) is 52.1 Å². The van der Waals surface area contributed by atoms with Crippen LogP contribution in [0.4, 0.5) is 0 Å². The highest BCUT2D eigenvalue weighted by molar-refractivity contribution is 6.34. The average Bonchev–Trinajstić information content (AvgIpc) is 2.28. The van der Waals surface area contributed by atoms with Crippen molar-refractivity contribution in [1.82, 2.24) is 4.98 Å². The van der Waals surface area contributed by atoms with Gasteiger partial charge in [-0.05, 0) is 24.3 Å². The second-order valence-corrected chi connectivity index (χ2v) is 4.07. The molecule has 0 aliphatic rings. The minimum absolute atomic E-state index is 0.322. The number of nitriles is 1. The third-order valence-corrected chi connectivity index (χ3v) is 2.36. The van der Waals surface area contributed by atoms with Crippen LogP contribution in [0.15, 0.2) is 36.5 Å². The minimum Gasteiger partial charge on any atom is -0.439 e. The summed E-state index contributed by atoms with van der Waals surface area (Å²) in [7, 11) is 0. The van der Waals surface area contributed by atoms with Crippen LogP contribution >= 0.6 is 23.2 Å². The molecular weight excluding hydrogens is 259 g/mol. The molecule has 0 saturated heterocycles. The highest BCUT2D eigenvalue weighted by Gasteiger charge is 2.03. The van der Waals surface area contributed by atoms with Gasteiger partial charge in [0.1, 0.15) is 5.75 Å². The van der Waals surface area contributed by atoms with Crippen LogP contribution in [0.3, 0.4) is 0 Å². The molecule has 3 nitrogen and oxygen atoms in total. The topological polar surface area (TPSA) is 45.9 Å². The Kier molecular flexibility index (Phi) is 3.48. The summed E-state index contributed by atoms with van der Waals surface area (Å²) in [4.78, 5) is 3.98. The molecule has 0 amide bonds. The summed E-state index contributed by atoms with van der Waals surface area (Å²) in [6.07, 6.45) is 1.50. The molecular formula is C12H6Cl2N2O. The van der Waals surface area contributed by atoms with Crippen molar-refractivity contribution < 1.29 is 4.74 Å². The fourth-order valence-corrected chi connectivity index (χ4v) is 1.75. The molecule has 0 radical (unpaired) electrons. The summed E-state index contributed by atoms with van der Waals surface area (Å²) in [5, 5.41) is 9.69. The van der Waals surface area contributed by atoms with Gasteiger partial charge >= 0.3 is 0 Å². The van der Waals surface area contributed by atoms with Crippen molar-refractivity contribution in [2.24, 2.45) is 0 Å². The van der Waals surface area contributed by atoms with Gasteiger partial charge in [0.2, 0.25) is 5.88 Å². The number of aromatic nitrogens is 1.